The molecule has 3 aromatic rings. The summed E-state index contributed by atoms with van der Waals surface area (Å²) in [5.74, 6) is -0.680. The summed E-state index contributed by atoms with van der Waals surface area (Å²) in [6.45, 7) is 1.31. The Balaban J connectivity index is 1.19. The van der Waals surface area contributed by atoms with Crippen LogP contribution < -0.4 is 5.73 Å². The lowest BCUT2D eigenvalue weighted by molar-refractivity contribution is -0.137. The summed E-state index contributed by atoms with van der Waals surface area (Å²) in [4.78, 5) is 28.0. The number of nitrogens with two attached hydrogens (primary N) is 1. The fraction of sp³-hybridized carbons (Fsp3) is 0.414. The van der Waals surface area contributed by atoms with Gasteiger partial charge in [0.1, 0.15) is 11.5 Å². The molecule has 2 aromatic carbocycles. The number of fused-ring (bicyclic) bond motifs is 4. The molecule has 6 nitrogen and oxygen atoms in total. The maximum absolute atomic E-state index is 13.6. The van der Waals surface area contributed by atoms with Crippen molar-refractivity contribution in [3.63, 3.8) is 0 Å². The molecular formula is C29H29Cl2FN4O2. The number of nitrogens with zero attached hydrogens (tertiary/aromatic N) is 3. The number of carbonyl (C=O) groups excluding carboxylic acids is 2. The molecule has 2 bridgehead atoms. The largest absolute Gasteiger partial charge is 0.365 e. The average molecular weight is 555 g/mol. The molecule has 1 aliphatic heterocycles. The Morgan fingerprint density at radius 1 is 0.947 bits per heavy atom. The van der Waals surface area contributed by atoms with Gasteiger partial charge >= 0.3 is 0 Å². The van der Waals surface area contributed by atoms with Gasteiger partial charge in [-0.1, -0.05) is 41.4 Å². The molecule has 2 N–H and O–H groups in total. The van der Waals surface area contributed by atoms with Crippen molar-refractivity contribution in [1.82, 2.24) is 14.7 Å². The lowest BCUT2D eigenvalue weighted by atomic mass is 9.51. The minimum atomic E-state index is -0.586. The van der Waals surface area contributed by atoms with Crippen molar-refractivity contribution >= 4 is 35.0 Å². The predicted molar refractivity (Wildman–Crippen MR) is 144 cm³/mol. The van der Waals surface area contributed by atoms with E-state index in [0.29, 0.717) is 58.6 Å². The third-order valence-corrected chi connectivity index (χ3v) is 9.90. The number of carbonyl (C=O) groups is 2. The van der Waals surface area contributed by atoms with Crippen LogP contribution in [0.3, 0.4) is 0 Å². The summed E-state index contributed by atoms with van der Waals surface area (Å²) >= 11 is 12.3. The van der Waals surface area contributed by atoms with Gasteiger partial charge in [-0.15, -0.1) is 0 Å². The molecule has 3 saturated carbocycles. The summed E-state index contributed by atoms with van der Waals surface area (Å²) < 4.78 is 15.2. The molecule has 9 heteroatoms. The number of benzene rings is 2. The van der Waals surface area contributed by atoms with E-state index < -0.39 is 5.91 Å². The van der Waals surface area contributed by atoms with Crippen LogP contribution in [0, 0.1) is 11.2 Å². The summed E-state index contributed by atoms with van der Waals surface area (Å²) in [5, 5.41) is 5.43. The number of amides is 2. The maximum Gasteiger partial charge on any atom is 0.252 e. The highest BCUT2D eigenvalue weighted by molar-refractivity contribution is 6.42. The first-order chi connectivity index (χ1) is 18.2. The van der Waals surface area contributed by atoms with Gasteiger partial charge in [-0.2, -0.15) is 5.10 Å². The van der Waals surface area contributed by atoms with Crippen molar-refractivity contribution in [1.29, 1.82) is 0 Å². The van der Waals surface area contributed by atoms with Gasteiger partial charge in [-0.3, -0.25) is 14.3 Å². The van der Waals surface area contributed by atoms with E-state index in [1.54, 1.807) is 35.0 Å². The molecular weight excluding hydrogens is 526 g/mol. The summed E-state index contributed by atoms with van der Waals surface area (Å²) in [5.41, 5.74) is 9.21. The van der Waals surface area contributed by atoms with E-state index in [4.69, 9.17) is 28.9 Å². The van der Waals surface area contributed by atoms with Crippen molar-refractivity contribution < 1.29 is 14.0 Å². The second kappa shape index (κ2) is 9.38. The smallest absolute Gasteiger partial charge is 0.252 e. The normalized spacial score (nSPS) is 24.3. The number of aromatic nitrogens is 2. The molecule has 7 rings (SSSR count). The second-order valence-corrected chi connectivity index (χ2v) is 12.0. The quantitative estimate of drug-likeness (QED) is 0.412. The third-order valence-electron chi connectivity index (χ3n) is 9.16. The van der Waals surface area contributed by atoms with Gasteiger partial charge < -0.3 is 10.6 Å². The Morgan fingerprint density at radius 2 is 1.63 bits per heavy atom. The molecule has 198 valence electrons. The first-order valence-corrected chi connectivity index (χ1v) is 13.8. The maximum atomic E-state index is 13.6. The Labute approximate surface area is 230 Å². The lowest BCUT2D eigenvalue weighted by Crippen LogP contribution is -2.47. The lowest BCUT2D eigenvalue weighted by Gasteiger charge is -2.54. The van der Waals surface area contributed by atoms with Crippen molar-refractivity contribution in [2.75, 3.05) is 6.54 Å². The van der Waals surface area contributed by atoms with Gasteiger partial charge in [0.25, 0.3) is 5.91 Å². The molecule has 0 atom stereocenters. The Morgan fingerprint density at radius 3 is 2.26 bits per heavy atom. The Bertz CT molecular complexity index is 1410. The summed E-state index contributed by atoms with van der Waals surface area (Å²) in [7, 11) is 0. The average Bonchev–Trinajstić information content (AvgIpc) is 3.31. The summed E-state index contributed by atoms with van der Waals surface area (Å²) in [6.07, 6.45) is 6.57. The van der Waals surface area contributed by atoms with E-state index in [2.05, 4.69) is 5.10 Å². The van der Waals surface area contributed by atoms with Crippen LogP contribution in [0.5, 0.6) is 0 Å². The minimum absolute atomic E-state index is 0.00822. The van der Waals surface area contributed by atoms with Gasteiger partial charge in [0.15, 0.2) is 0 Å². The number of hydrogen-bond donors (Lipinski definition) is 1. The third kappa shape index (κ3) is 4.30. The van der Waals surface area contributed by atoms with Crippen LogP contribution in [0.15, 0.2) is 42.5 Å². The zero-order valence-electron chi connectivity index (χ0n) is 21.0. The second-order valence-electron chi connectivity index (χ2n) is 11.2. The van der Waals surface area contributed by atoms with E-state index in [0.717, 1.165) is 38.5 Å². The Hall–Kier alpha value is -2.90. The first-order valence-electron chi connectivity index (χ1n) is 13.1. The molecule has 4 aliphatic rings. The molecule has 0 unspecified atom stereocenters. The van der Waals surface area contributed by atoms with Crippen LogP contribution in [0.1, 0.15) is 66.6 Å². The number of hydrogen-bond acceptors (Lipinski definition) is 3. The molecule has 1 aromatic heterocycles. The highest BCUT2D eigenvalue weighted by Gasteiger charge is 2.50. The standard InChI is InChI=1S/C29H29Cl2FN4O2/c30-21-6-1-18(15-22(21)31)26-25(27(33)38)23-17-35(13-14-36(23)34-26)24(37)16-28-7-10-29(11-8-28,12-9-28)19-2-4-20(32)5-3-19/h1-6,15H,7-14,16-17H2,(H2,33,38). The van der Waals surface area contributed by atoms with Crippen LogP contribution >= 0.6 is 23.2 Å². The van der Waals surface area contributed by atoms with Gasteiger partial charge in [0.2, 0.25) is 5.91 Å². The van der Waals surface area contributed by atoms with Crippen molar-refractivity contribution in [3.8, 4) is 11.3 Å². The van der Waals surface area contributed by atoms with Gasteiger partial charge in [0.05, 0.1) is 34.4 Å². The molecule has 0 spiro atoms. The van der Waals surface area contributed by atoms with E-state index in [-0.39, 0.29) is 22.6 Å². The van der Waals surface area contributed by atoms with Gasteiger partial charge in [-0.05, 0) is 79.2 Å². The number of primary amides is 1. The van der Waals surface area contributed by atoms with Crippen molar-refractivity contribution in [2.24, 2.45) is 11.1 Å². The molecule has 3 aliphatic carbocycles. The summed E-state index contributed by atoms with van der Waals surface area (Å²) in [6, 6.07) is 12.1. The SMILES string of the molecule is NC(=O)c1c(-c2ccc(Cl)c(Cl)c2)nn2c1CN(C(=O)CC13CCC(c4ccc(F)cc4)(CC1)CC3)CC2. The van der Waals surface area contributed by atoms with Crippen LogP contribution in [0.4, 0.5) is 4.39 Å². The Kier molecular flexibility index (Phi) is 6.27. The zero-order chi connectivity index (χ0) is 26.7. The molecule has 3 fully saturated rings. The van der Waals surface area contributed by atoms with E-state index in [1.165, 1.54) is 5.56 Å². The highest BCUT2D eigenvalue weighted by atomic mass is 35.5. The van der Waals surface area contributed by atoms with Crippen LogP contribution in [0.2, 0.25) is 10.0 Å². The molecule has 38 heavy (non-hydrogen) atoms. The van der Waals surface area contributed by atoms with Crippen molar-refractivity contribution in [2.45, 2.75) is 63.5 Å². The molecule has 2 amide bonds. The fourth-order valence-electron chi connectivity index (χ4n) is 6.83. The predicted octanol–water partition coefficient (Wildman–Crippen LogP) is 6.12. The van der Waals surface area contributed by atoms with Gasteiger partial charge in [0, 0.05) is 18.5 Å². The zero-order valence-corrected chi connectivity index (χ0v) is 22.5. The van der Waals surface area contributed by atoms with Crippen molar-refractivity contribution in [3.05, 3.63) is 75.1 Å². The monoisotopic (exact) mass is 554 g/mol. The van der Waals surface area contributed by atoms with E-state index in [1.807, 2.05) is 17.0 Å². The number of halogens is 3. The topological polar surface area (TPSA) is 81.2 Å². The minimum Gasteiger partial charge on any atom is -0.365 e. The fourth-order valence-corrected chi connectivity index (χ4v) is 7.13. The van der Waals surface area contributed by atoms with Crippen LogP contribution in [-0.2, 0) is 23.3 Å². The van der Waals surface area contributed by atoms with Crippen LogP contribution in [-0.4, -0.2) is 33.0 Å². The molecule has 0 radical (unpaired) electrons. The van der Waals surface area contributed by atoms with E-state index >= 15 is 0 Å². The number of rotatable bonds is 5. The van der Waals surface area contributed by atoms with E-state index in [9.17, 15) is 14.0 Å². The van der Waals surface area contributed by atoms with Crippen LogP contribution in [0.25, 0.3) is 11.3 Å². The molecule has 2 heterocycles. The van der Waals surface area contributed by atoms with Gasteiger partial charge in [-0.25, -0.2) is 4.39 Å². The molecule has 0 saturated heterocycles. The highest BCUT2D eigenvalue weighted by Crippen LogP contribution is 2.59. The first kappa shape index (κ1) is 25.4.